The quantitative estimate of drug-likeness (QED) is 0.569. The molecule has 0 atom stereocenters. The summed E-state index contributed by atoms with van der Waals surface area (Å²) in [5.74, 6) is -0.738. The maximum Gasteiger partial charge on any atom is 0.340 e. The highest BCUT2D eigenvalue weighted by atomic mass is 32.1. The molecule has 2 aromatic heterocycles. The molecule has 0 spiro atoms. The predicted molar refractivity (Wildman–Crippen MR) is 126 cm³/mol. The van der Waals surface area contributed by atoms with Gasteiger partial charge in [0.2, 0.25) is 0 Å². The predicted octanol–water partition coefficient (Wildman–Crippen LogP) is 4.09. The van der Waals surface area contributed by atoms with Gasteiger partial charge in [0.25, 0.3) is 5.91 Å². The maximum absolute atomic E-state index is 13.2. The highest BCUT2D eigenvalue weighted by Crippen LogP contribution is 2.26. The zero-order valence-electron chi connectivity index (χ0n) is 18.5. The van der Waals surface area contributed by atoms with Gasteiger partial charge in [-0.05, 0) is 49.6 Å². The van der Waals surface area contributed by atoms with E-state index in [9.17, 15) is 9.59 Å². The molecule has 7 nitrogen and oxygen atoms in total. The van der Waals surface area contributed by atoms with Crippen LogP contribution in [0.1, 0.15) is 37.0 Å². The van der Waals surface area contributed by atoms with E-state index >= 15 is 0 Å². The molecule has 1 aromatic carbocycles. The molecule has 3 aromatic rings. The van der Waals surface area contributed by atoms with Crippen LogP contribution in [-0.4, -0.2) is 49.9 Å². The van der Waals surface area contributed by atoms with E-state index in [1.807, 2.05) is 37.4 Å². The Balaban J connectivity index is 1.59. The molecule has 1 N–H and O–H groups in total. The van der Waals surface area contributed by atoms with Gasteiger partial charge in [0.1, 0.15) is 0 Å². The highest BCUT2D eigenvalue weighted by molar-refractivity contribution is 7.09. The molecule has 3 heterocycles. The highest BCUT2D eigenvalue weighted by Gasteiger charge is 2.21. The van der Waals surface area contributed by atoms with Crippen molar-refractivity contribution in [1.29, 1.82) is 0 Å². The van der Waals surface area contributed by atoms with Crippen LogP contribution in [0.2, 0.25) is 0 Å². The number of hydrogen-bond acceptors (Lipinski definition) is 6. The molecular weight excluding hydrogens is 426 g/mol. The van der Waals surface area contributed by atoms with Crippen LogP contribution in [0.5, 0.6) is 0 Å². The van der Waals surface area contributed by atoms with E-state index in [2.05, 4.69) is 20.9 Å². The van der Waals surface area contributed by atoms with E-state index in [-0.39, 0.29) is 5.91 Å². The van der Waals surface area contributed by atoms with Crippen molar-refractivity contribution < 1.29 is 19.1 Å². The van der Waals surface area contributed by atoms with Crippen molar-refractivity contribution in [2.24, 2.45) is 0 Å². The number of carbonyl (C=O) groups excluding carboxylic acids is 2. The Kier molecular flexibility index (Phi) is 6.62. The molecule has 0 unspecified atom stereocenters. The second-order valence-corrected chi connectivity index (χ2v) is 8.76. The SMILES string of the molecule is COC(=O)c1cc(N2CCOCC2)ccc1NC(=O)c1cc(C)n(Cc2cccs2)c1C. The first-order valence-electron chi connectivity index (χ1n) is 10.5. The molecule has 1 aliphatic rings. The fourth-order valence-corrected chi connectivity index (χ4v) is 4.65. The van der Waals surface area contributed by atoms with Gasteiger partial charge >= 0.3 is 5.97 Å². The first kappa shape index (κ1) is 22.1. The Morgan fingerprint density at radius 2 is 1.91 bits per heavy atom. The summed E-state index contributed by atoms with van der Waals surface area (Å²) in [5, 5.41) is 4.97. The smallest absolute Gasteiger partial charge is 0.340 e. The molecule has 8 heteroatoms. The summed E-state index contributed by atoms with van der Waals surface area (Å²) in [4.78, 5) is 29.0. The van der Waals surface area contributed by atoms with Gasteiger partial charge in [-0.1, -0.05) is 6.07 Å². The Morgan fingerprint density at radius 3 is 2.59 bits per heavy atom. The van der Waals surface area contributed by atoms with Crippen LogP contribution < -0.4 is 10.2 Å². The van der Waals surface area contributed by atoms with E-state index in [0.717, 1.165) is 36.7 Å². The van der Waals surface area contributed by atoms with Crippen LogP contribution >= 0.6 is 11.3 Å². The van der Waals surface area contributed by atoms with Crippen LogP contribution in [0.25, 0.3) is 0 Å². The van der Waals surface area contributed by atoms with Crippen molar-refractivity contribution in [2.75, 3.05) is 43.6 Å². The van der Waals surface area contributed by atoms with E-state index < -0.39 is 5.97 Å². The molecule has 1 saturated heterocycles. The summed E-state index contributed by atoms with van der Waals surface area (Å²) >= 11 is 1.69. The average Bonchev–Trinajstić information content (AvgIpc) is 3.43. The number of esters is 1. The molecule has 168 valence electrons. The summed E-state index contributed by atoms with van der Waals surface area (Å²) in [6, 6.07) is 11.4. The van der Waals surface area contributed by atoms with Crippen molar-refractivity contribution in [1.82, 2.24) is 4.57 Å². The van der Waals surface area contributed by atoms with E-state index in [1.165, 1.54) is 12.0 Å². The number of methoxy groups -OCH3 is 1. The van der Waals surface area contributed by atoms with E-state index in [0.29, 0.717) is 30.0 Å². The Bertz CT molecular complexity index is 1110. The number of hydrogen-bond donors (Lipinski definition) is 1. The molecule has 0 aliphatic carbocycles. The number of rotatable bonds is 6. The van der Waals surface area contributed by atoms with Crippen LogP contribution in [0.4, 0.5) is 11.4 Å². The lowest BCUT2D eigenvalue weighted by molar-refractivity contribution is 0.0602. The molecule has 4 rings (SSSR count). The summed E-state index contributed by atoms with van der Waals surface area (Å²) in [5.41, 5.74) is 4.15. The van der Waals surface area contributed by atoms with Crippen LogP contribution in [0.15, 0.2) is 41.8 Å². The van der Waals surface area contributed by atoms with Gasteiger partial charge in [0.15, 0.2) is 0 Å². The fourth-order valence-electron chi connectivity index (χ4n) is 3.96. The Hall–Kier alpha value is -3.10. The number of amides is 1. The number of benzene rings is 1. The van der Waals surface area contributed by atoms with Gasteiger partial charge in [-0.3, -0.25) is 4.79 Å². The lowest BCUT2D eigenvalue weighted by Crippen LogP contribution is -2.36. The lowest BCUT2D eigenvalue weighted by Gasteiger charge is -2.29. The third-order valence-corrected chi connectivity index (χ3v) is 6.61. The van der Waals surface area contributed by atoms with Crippen molar-refractivity contribution in [3.05, 3.63) is 69.2 Å². The first-order chi connectivity index (χ1) is 15.5. The van der Waals surface area contributed by atoms with Crippen LogP contribution in [0.3, 0.4) is 0 Å². The first-order valence-corrected chi connectivity index (χ1v) is 11.4. The maximum atomic E-state index is 13.2. The molecule has 0 bridgehead atoms. The zero-order chi connectivity index (χ0) is 22.7. The van der Waals surface area contributed by atoms with Gasteiger partial charge in [0, 0.05) is 35.0 Å². The largest absolute Gasteiger partial charge is 0.465 e. The summed E-state index contributed by atoms with van der Waals surface area (Å²) < 4.78 is 12.5. The monoisotopic (exact) mass is 453 g/mol. The van der Waals surface area contributed by atoms with Crippen LogP contribution in [-0.2, 0) is 16.0 Å². The standard InChI is InChI=1S/C24H27N3O4S/c1-16-13-20(17(2)27(16)15-19-5-4-12-32-19)23(28)25-22-7-6-18(14-21(22)24(29)30-3)26-8-10-31-11-9-26/h4-7,12-14H,8-11,15H2,1-3H3,(H,25,28). The van der Waals surface area contributed by atoms with Gasteiger partial charge in [-0.15, -0.1) is 11.3 Å². The van der Waals surface area contributed by atoms with E-state index in [4.69, 9.17) is 9.47 Å². The minimum atomic E-state index is -0.487. The molecule has 1 amide bonds. The lowest BCUT2D eigenvalue weighted by atomic mass is 10.1. The summed E-state index contributed by atoms with van der Waals surface area (Å²) in [7, 11) is 1.34. The number of morpholine rings is 1. The Labute approximate surface area is 191 Å². The number of ether oxygens (including phenoxy) is 2. The third-order valence-electron chi connectivity index (χ3n) is 5.75. The molecular formula is C24H27N3O4S. The minimum absolute atomic E-state index is 0.250. The second-order valence-electron chi connectivity index (χ2n) is 7.73. The topological polar surface area (TPSA) is 72.8 Å². The number of anilines is 2. The van der Waals surface area contributed by atoms with Gasteiger partial charge in [-0.25, -0.2) is 4.79 Å². The van der Waals surface area contributed by atoms with Crippen molar-refractivity contribution in [3.63, 3.8) is 0 Å². The van der Waals surface area contributed by atoms with Crippen molar-refractivity contribution in [3.8, 4) is 0 Å². The number of thiophene rings is 1. The zero-order valence-corrected chi connectivity index (χ0v) is 19.3. The summed E-state index contributed by atoms with van der Waals surface area (Å²) in [6.07, 6.45) is 0. The number of nitrogens with one attached hydrogen (secondary N) is 1. The second kappa shape index (κ2) is 9.58. The number of nitrogens with zero attached hydrogens (tertiary/aromatic N) is 2. The van der Waals surface area contributed by atoms with Gasteiger partial charge in [-0.2, -0.15) is 0 Å². The normalized spacial score (nSPS) is 13.8. The average molecular weight is 454 g/mol. The third kappa shape index (κ3) is 4.56. The number of carbonyl (C=O) groups is 2. The molecule has 0 saturated carbocycles. The molecule has 0 radical (unpaired) electrons. The van der Waals surface area contributed by atoms with Crippen molar-refractivity contribution >= 4 is 34.6 Å². The Morgan fingerprint density at radius 1 is 1.12 bits per heavy atom. The number of aromatic nitrogens is 1. The molecule has 32 heavy (non-hydrogen) atoms. The van der Waals surface area contributed by atoms with Crippen molar-refractivity contribution in [2.45, 2.75) is 20.4 Å². The number of aryl methyl sites for hydroxylation is 1. The molecule has 1 fully saturated rings. The molecule has 1 aliphatic heterocycles. The van der Waals surface area contributed by atoms with E-state index in [1.54, 1.807) is 23.5 Å². The van der Waals surface area contributed by atoms with Gasteiger partial charge < -0.3 is 24.3 Å². The fraction of sp³-hybridized carbons (Fsp3) is 0.333. The van der Waals surface area contributed by atoms with Gasteiger partial charge in [0.05, 0.1) is 43.7 Å². The minimum Gasteiger partial charge on any atom is -0.465 e. The van der Waals surface area contributed by atoms with Crippen LogP contribution in [0, 0.1) is 13.8 Å². The summed E-state index contributed by atoms with van der Waals surface area (Å²) in [6.45, 7) is 7.46.